The van der Waals surface area contributed by atoms with Crippen molar-refractivity contribution in [2.75, 3.05) is 0 Å². The van der Waals surface area contributed by atoms with Gasteiger partial charge >= 0.3 is 5.97 Å². The average molecular weight is 223 g/mol. The first-order chi connectivity index (χ1) is 7.41. The maximum Gasteiger partial charge on any atom is 0.352 e. The third-order valence-electron chi connectivity index (χ3n) is 2.10. The molecular formula is C10H9NO5. The van der Waals surface area contributed by atoms with Gasteiger partial charge in [0.05, 0.1) is 4.92 Å². The molecule has 0 aliphatic carbocycles. The zero-order valence-electron chi connectivity index (χ0n) is 8.72. The summed E-state index contributed by atoms with van der Waals surface area (Å²) in [7, 11) is 0. The van der Waals surface area contributed by atoms with E-state index in [2.05, 4.69) is 0 Å². The van der Waals surface area contributed by atoms with Gasteiger partial charge in [-0.05, 0) is 6.07 Å². The largest absolute Gasteiger partial charge is 0.452 e. The van der Waals surface area contributed by atoms with E-state index >= 15 is 0 Å². The van der Waals surface area contributed by atoms with Crippen molar-refractivity contribution < 1.29 is 19.2 Å². The molecule has 2 rings (SSSR count). The van der Waals surface area contributed by atoms with Gasteiger partial charge in [0.15, 0.2) is 5.56 Å². The molecule has 0 aromatic heterocycles. The quantitative estimate of drug-likeness (QED) is 0.412. The number of cyclic esters (lactones) is 1. The first-order valence-corrected chi connectivity index (χ1v) is 4.60. The Bertz CT molecular complexity index is 480. The van der Waals surface area contributed by atoms with Crippen molar-refractivity contribution in [3.8, 4) is 5.75 Å². The van der Waals surface area contributed by atoms with Crippen molar-refractivity contribution in [3.63, 3.8) is 0 Å². The number of benzene rings is 1. The summed E-state index contributed by atoms with van der Waals surface area (Å²) in [5.74, 6) is -1.66. The van der Waals surface area contributed by atoms with E-state index < -0.39 is 16.7 Å². The highest BCUT2D eigenvalue weighted by molar-refractivity contribution is 5.97. The summed E-state index contributed by atoms with van der Waals surface area (Å²) in [6.07, 6.45) is 0. The highest BCUT2D eigenvalue weighted by Crippen LogP contribution is 2.36. The van der Waals surface area contributed by atoms with Crippen molar-refractivity contribution in [1.29, 1.82) is 0 Å². The molecule has 0 unspecified atom stereocenters. The summed E-state index contributed by atoms with van der Waals surface area (Å²) in [4.78, 5) is 21.7. The normalized spacial score (nSPS) is 17.0. The van der Waals surface area contributed by atoms with Crippen LogP contribution in [0.1, 0.15) is 24.2 Å². The lowest BCUT2D eigenvalue weighted by molar-refractivity contribution is -0.385. The summed E-state index contributed by atoms with van der Waals surface area (Å²) in [5, 5.41) is 10.7. The highest BCUT2D eigenvalue weighted by Gasteiger charge is 2.38. The Hall–Kier alpha value is -2.11. The maximum atomic E-state index is 11.6. The first-order valence-electron chi connectivity index (χ1n) is 4.60. The van der Waals surface area contributed by atoms with E-state index in [1.54, 1.807) is 13.8 Å². The van der Waals surface area contributed by atoms with Gasteiger partial charge in [0.2, 0.25) is 5.79 Å². The maximum absolute atomic E-state index is 11.6. The first kappa shape index (κ1) is 10.4. The molecular weight excluding hydrogens is 214 g/mol. The van der Waals surface area contributed by atoms with Gasteiger partial charge in [-0.25, -0.2) is 4.79 Å². The second-order valence-electron chi connectivity index (χ2n) is 3.80. The van der Waals surface area contributed by atoms with Crippen LogP contribution < -0.4 is 4.74 Å². The Morgan fingerprint density at radius 3 is 2.62 bits per heavy atom. The monoisotopic (exact) mass is 223 g/mol. The lowest BCUT2D eigenvalue weighted by Crippen LogP contribution is -2.39. The molecule has 0 N–H and O–H groups in total. The molecule has 0 saturated carbocycles. The van der Waals surface area contributed by atoms with E-state index in [-0.39, 0.29) is 17.0 Å². The number of nitro benzene ring substituents is 1. The highest BCUT2D eigenvalue weighted by atomic mass is 16.7. The molecule has 0 amide bonds. The Morgan fingerprint density at radius 1 is 1.31 bits per heavy atom. The fraction of sp³-hybridized carbons (Fsp3) is 0.300. The number of ether oxygens (including phenoxy) is 2. The van der Waals surface area contributed by atoms with E-state index in [0.29, 0.717) is 0 Å². The topological polar surface area (TPSA) is 78.7 Å². The minimum atomic E-state index is -1.10. The summed E-state index contributed by atoms with van der Waals surface area (Å²) in [6, 6.07) is 4.21. The number of nitro groups is 1. The molecule has 6 nitrogen and oxygen atoms in total. The molecule has 0 atom stereocenters. The van der Waals surface area contributed by atoms with Crippen LogP contribution in [0, 0.1) is 10.1 Å². The fourth-order valence-electron chi connectivity index (χ4n) is 1.52. The standard InChI is InChI=1S/C10H9NO5/c1-10(2)15-7-5-3-4-6(11(13)14)8(7)9(12)16-10/h3-5H,1-2H3. The molecule has 6 heteroatoms. The van der Waals surface area contributed by atoms with E-state index in [1.165, 1.54) is 18.2 Å². The molecule has 0 spiro atoms. The van der Waals surface area contributed by atoms with Crippen molar-refractivity contribution in [2.24, 2.45) is 0 Å². The molecule has 0 bridgehead atoms. The van der Waals surface area contributed by atoms with Crippen LogP contribution in [0.4, 0.5) is 5.69 Å². The van der Waals surface area contributed by atoms with E-state index in [4.69, 9.17) is 9.47 Å². The predicted octanol–water partition coefficient (Wildman–Crippen LogP) is 1.88. The number of nitrogens with zero attached hydrogens (tertiary/aromatic N) is 1. The van der Waals surface area contributed by atoms with E-state index in [0.717, 1.165) is 0 Å². The van der Waals surface area contributed by atoms with Gasteiger partial charge in [0.25, 0.3) is 5.69 Å². The summed E-state index contributed by atoms with van der Waals surface area (Å²) < 4.78 is 10.3. The zero-order chi connectivity index (χ0) is 11.9. The van der Waals surface area contributed by atoms with Gasteiger partial charge in [-0.3, -0.25) is 10.1 Å². The smallest absolute Gasteiger partial charge is 0.352 e. The Morgan fingerprint density at radius 2 is 2.00 bits per heavy atom. The molecule has 1 aliphatic heterocycles. The third-order valence-corrected chi connectivity index (χ3v) is 2.10. The van der Waals surface area contributed by atoms with Crippen LogP contribution in [0.2, 0.25) is 0 Å². The van der Waals surface area contributed by atoms with Gasteiger partial charge in [-0.1, -0.05) is 6.07 Å². The Kier molecular flexibility index (Phi) is 2.08. The lowest BCUT2D eigenvalue weighted by atomic mass is 10.1. The van der Waals surface area contributed by atoms with Gasteiger partial charge < -0.3 is 9.47 Å². The number of hydrogen-bond donors (Lipinski definition) is 0. The van der Waals surface area contributed by atoms with Crippen molar-refractivity contribution in [3.05, 3.63) is 33.9 Å². The van der Waals surface area contributed by atoms with E-state index in [1.807, 2.05) is 0 Å². The number of fused-ring (bicyclic) bond motifs is 1. The zero-order valence-corrected chi connectivity index (χ0v) is 8.72. The molecule has 1 aliphatic rings. The average Bonchev–Trinajstić information content (AvgIpc) is 2.14. The predicted molar refractivity (Wildman–Crippen MR) is 53.2 cm³/mol. The van der Waals surface area contributed by atoms with Crippen molar-refractivity contribution >= 4 is 11.7 Å². The number of esters is 1. The minimum Gasteiger partial charge on any atom is -0.452 e. The van der Waals surface area contributed by atoms with Crippen molar-refractivity contribution in [1.82, 2.24) is 0 Å². The van der Waals surface area contributed by atoms with Gasteiger partial charge in [-0.15, -0.1) is 0 Å². The molecule has 84 valence electrons. The van der Waals surface area contributed by atoms with Crippen LogP contribution in [0.5, 0.6) is 5.75 Å². The third kappa shape index (κ3) is 1.58. The van der Waals surface area contributed by atoms with Crippen LogP contribution >= 0.6 is 0 Å². The molecule has 1 heterocycles. The van der Waals surface area contributed by atoms with Crippen LogP contribution in [-0.2, 0) is 4.74 Å². The van der Waals surface area contributed by atoms with Crippen LogP contribution in [0.25, 0.3) is 0 Å². The fourth-order valence-corrected chi connectivity index (χ4v) is 1.52. The van der Waals surface area contributed by atoms with Gasteiger partial charge in [0, 0.05) is 19.9 Å². The molecule has 0 fully saturated rings. The van der Waals surface area contributed by atoms with Crippen LogP contribution in [-0.4, -0.2) is 16.7 Å². The second kappa shape index (κ2) is 3.19. The van der Waals surface area contributed by atoms with E-state index in [9.17, 15) is 14.9 Å². The minimum absolute atomic E-state index is 0.133. The summed E-state index contributed by atoms with van der Waals surface area (Å²) >= 11 is 0. The molecule has 0 saturated heterocycles. The molecule has 1 aromatic carbocycles. The molecule has 1 aromatic rings. The van der Waals surface area contributed by atoms with Crippen LogP contribution in [0.3, 0.4) is 0 Å². The Labute approximate surface area is 90.9 Å². The van der Waals surface area contributed by atoms with Gasteiger partial charge in [-0.2, -0.15) is 0 Å². The number of carbonyl (C=O) groups is 1. The molecule has 0 radical (unpaired) electrons. The Balaban J connectivity index is 2.60. The number of carbonyl (C=O) groups excluding carboxylic acids is 1. The SMILES string of the molecule is CC1(C)OC(=O)c2c(cccc2[N+](=O)[O-])O1. The number of hydrogen-bond acceptors (Lipinski definition) is 5. The van der Waals surface area contributed by atoms with Crippen molar-refractivity contribution in [2.45, 2.75) is 19.6 Å². The van der Waals surface area contributed by atoms with Crippen LogP contribution in [0.15, 0.2) is 18.2 Å². The van der Waals surface area contributed by atoms with Gasteiger partial charge in [0.1, 0.15) is 5.75 Å². The molecule has 16 heavy (non-hydrogen) atoms. The number of rotatable bonds is 1. The lowest BCUT2D eigenvalue weighted by Gasteiger charge is -2.31. The summed E-state index contributed by atoms with van der Waals surface area (Å²) in [6.45, 7) is 3.12. The summed E-state index contributed by atoms with van der Waals surface area (Å²) in [5.41, 5.74) is -0.440. The second-order valence-corrected chi connectivity index (χ2v) is 3.80.